The number of aryl methyl sites for hydroxylation is 1. The van der Waals surface area contributed by atoms with E-state index in [4.69, 9.17) is 4.74 Å². The van der Waals surface area contributed by atoms with Gasteiger partial charge in [-0.15, -0.1) is 0 Å². The van der Waals surface area contributed by atoms with E-state index in [-0.39, 0.29) is 6.03 Å². The van der Waals surface area contributed by atoms with Gasteiger partial charge >= 0.3 is 6.03 Å². The molecule has 0 atom stereocenters. The molecular formula is C22H26N6O2. The lowest BCUT2D eigenvalue weighted by atomic mass is 10.2. The average molecular weight is 406 g/mol. The smallest absolute Gasteiger partial charge is 0.323 e. The summed E-state index contributed by atoms with van der Waals surface area (Å²) in [5.41, 5.74) is 2.13. The van der Waals surface area contributed by atoms with Gasteiger partial charge in [0.15, 0.2) is 0 Å². The van der Waals surface area contributed by atoms with Gasteiger partial charge < -0.3 is 26.0 Å². The van der Waals surface area contributed by atoms with Gasteiger partial charge in [0.1, 0.15) is 23.2 Å². The van der Waals surface area contributed by atoms with Gasteiger partial charge in [-0.1, -0.05) is 12.1 Å². The van der Waals surface area contributed by atoms with Crippen molar-refractivity contribution in [1.82, 2.24) is 9.97 Å². The van der Waals surface area contributed by atoms with Crippen LogP contribution < -0.4 is 26.0 Å². The predicted octanol–water partition coefficient (Wildman–Crippen LogP) is 5.00. The number of urea groups is 1. The van der Waals surface area contributed by atoms with E-state index in [2.05, 4.69) is 31.2 Å². The third kappa shape index (κ3) is 5.84. The highest BCUT2D eigenvalue weighted by molar-refractivity contribution is 6.00. The Morgan fingerprint density at radius 2 is 1.63 bits per heavy atom. The Balaban J connectivity index is 1.61. The molecule has 0 fully saturated rings. The van der Waals surface area contributed by atoms with E-state index in [1.807, 2.05) is 69.3 Å². The molecule has 2 aromatic carbocycles. The summed E-state index contributed by atoms with van der Waals surface area (Å²) in [5, 5.41) is 12.1. The molecule has 0 bridgehead atoms. The van der Waals surface area contributed by atoms with Crippen LogP contribution in [-0.4, -0.2) is 29.2 Å². The maximum atomic E-state index is 12.3. The predicted molar refractivity (Wildman–Crippen MR) is 121 cm³/mol. The SMILES string of the molecule is CCNc1cc(Nc2ccc(NC(=O)Nc3ccccc3OCC)cc2)nc(C)n1. The number of hydrogen-bond donors (Lipinski definition) is 4. The number of nitrogens with one attached hydrogen (secondary N) is 4. The van der Waals surface area contributed by atoms with Crippen molar-refractivity contribution in [3.8, 4) is 5.75 Å². The van der Waals surface area contributed by atoms with Crippen molar-refractivity contribution in [2.45, 2.75) is 20.8 Å². The summed E-state index contributed by atoms with van der Waals surface area (Å²) in [6.45, 7) is 7.07. The summed E-state index contributed by atoms with van der Waals surface area (Å²) in [6.07, 6.45) is 0. The molecule has 1 aromatic heterocycles. The molecule has 0 radical (unpaired) electrons. The van der Waals surface area contributed by atoms with Crippen molar-refractivity contribution in [3.05, 3.63) is 60.4 Å². The number of anilines is 5. The quantitative estimate of drug-likeness (QED) is 0.420. The highest BCUT2D eigenvalue weighted by atomic mass is 16.5. The van der Waals surface area contributed by atoms with E-state index >= 15 is 0 Å². The van der Waals surface area contributed by atoms with E-state index in [0.29, 0.717) is 35.4 Å². The first-order chi connectivity index (χ1) is 14.6. The van der Waals surface area contributed by atoms with Crippen LogP contribution in [0.2, 0.25) is 0 Å². The molecule has 8 nitrogen and oxygen atoms in total. The molecule has 3 rings (SSSR count). The maximum Gasteiger partial charge on any atom is 0.323 e. The second-order valence-corrected chi connectivity index (χ2v) is 6.43. The van der Waals surface area contributed by atoms with Gasteiger partial charge in [-0.05, 0) is 57.2 Å². The molecule has 0 saturated heterocycles. The minimum atomic E-state index is -0.343. The fourth-order valence-electron chi connectivity index (χ4n) is 2.82. The second-order valence-electron chi connectivity index (χ2n) is 6.43. The van der Waals surface area contributed by atoms with Gasteiger partial charge in [-0.25, -0.2) is 14.8 Å². The normalized spacial score (nSPS) is 10.2. The standard InChI is InChI=1S/C22H26N6O2/c1-4-23-20-14-21(25-15(3)24-20)26-16-10-12-17(13-11-16)27-22(29)28-18-8-6-7-9-19(18)30-5-2/h6-14H,4-5H2,1-3H3,(H2,27,28,29)(H2,23,24,25,26). The molecule has 0 aliphatic heterocycles. The molecule has 1 heterocycles. The van der Waals surface area contributed by atoms with Crippen molar-refractivity contribution in [2.24, 2.45) is 0 Å². The summed E-state index contributed by atoms with van der Waals surface area (Å²) < 4.78 is 5.53. The van der Waals surface area contributed by atoms with Gasteiger partial charge in [0, 0.05) is 24.0 Å². The molecule has 156 valence electrons. The van der Waals surface area contributed by atoms with E-state index in [1.165, 1.54) is 0 Å². The summed E-state index contributed by atoms with van der Waals surface area (Å²) in [5.74, 6) is 2.78. The minimum Gasteiger partial charge on any atom is -0.492 e. The van der Waals surface area contributed by atoms with Crippen molar-refractivity contribution in [1.29, 1.82) is 0 Å². The minimum absolute atomic E-state index is 0.343. The van der Waals surface area contributed by atoms with Crippen LogP contribution in [0.15, 0.2) is 54.6 Å². The summed E-state index contributed by atoms with van der Waals surface area (Å²) in [4.78, 5) is 21.1. The first kappa shape index (κ1) is 20.9. The third-order valence-electron chi connectivity index (χ3n) is 4.05. The lowest BCUT2D eigenvalue weighted by Gasteiger charge is -2.13. The first-order valence-corrected chi connectivity index (χ1v) is 9.84. The van der Waals surface area contributed by atoms with Crippen LogP contribution in [0.4, 0.5) is 33.5 Å². The maximum absolute atomic E-state index is 12.3. The molecule has 0 saturated carbocycles. The van der Waals surface area contributed by atoms with Crippen LogP contribution in [0.3, 0.4) is 0 Å². The van der Waals surface area contributed by atoms with Crippen LogP contribution in [0, 0.1) is 6.92 Å². The van der Waals surface area contributed by atoms with Gasteiger partial charge in [-0.3, -0.25) is 0 Å². The zero-order chi connectivity index (χ0) is 21.3. The summed E-state index contributed by atoms with van der Waals surface area (Å²) in [7, 11) is 0. The molecule has 3 aromatic rings. The number of aromatic nitrogens is 2. The van der Waals surface area contributed by atoms with Crippen molar-refractivity contribution in [3.63, 3.8) is 0 Å². The van der Waals surface area contributed by atoms with Gasteiger partial charge in [0.25, 0.3) is 0 Å². The van der Waals surface area contributed by atoms with Gasteiger partial charge in [0.05, 0.1) is 12.3 Å². The van der Waals surface area contributed by atoms with E-state index in [9.17, 15) is 4.79 Å². The van der Waals surface area contributed by atoms with Gasteiger partial charge in [-0.2, -0.15) is 0 Å². The Kier molecular flexibility index (Phi) is 7.05. The second kappa shape index (κ2) is 10.1. The molecule has 0 aliphatic rings. The first-order valence-electron chi connectivity index (χ1n) is 9.84. The number of nitrogens with zero attached hydrogens (tertiary/aromatic N) is 2. The Hall–Kier alpha value is -3.81. The zero-order valence-electron chi connectivity index (χ0n) is 17.3. The fraction of sp³-hybridized carbons (Fsp3) is 0.227. The molecule has 0 aliphatic carbocycles. The Labute approximate surface area is 176 Å². The van der Waals surface area contributed by atoms with Gasteiger partial charge in [0.2, 0.25) is 0 Å². The van der Waals surface area contributed by atoms with Crippen molar-refractivity contribution < 1.29 is 9.53 Å². The Morgan fingerprint density at radius 3 is 2.37 bits per heavy atom. The lowest BCUT2D eigenvalue weighted by Crippen LogP contribution is -2.19. The van der Waals surface area contributed by atoms with Crippen LogP contribution in [0.25, 0.3) is 0 Å². The Bertz CT molecular complexity index is 991. The van der Waals surface area contributed by atoms with Crippen LogP contribution in [0.5, 0.6) is 5.75 Å². The third-order valence-corrected chi connectivity index (χ3v) is 4.05. The van der Waals surface area contributed by atoms with Crippen molar-refractivity contribution >= 4 is 34.7 Å². The van der Waals surface area contributed by atoms with E-state index < -0.39 is 0 Å². The van der Waals surface area contributed by atoms with Crippen molar-refractivity contribution in [2.75, 3.05) is 34.4 Å². The molecule has 30 heavy (non-hydrogen) atoms. The lowest BCUT2D eigenvalue weighted by molar-refractivity contribution is 0.262. The number of amides is 2. The number of rotatable bonds is 8. The number of benzene rings is 2. The largest absolute Gasteiger partial charge is 0.492 e. The zero-order valence-corrected chi connectivity index (χ0v) is 17.3. The van der Waals surface area contributed by atoms with E-state index in [1.54, 1.807) is 6.07 Å². The highest BCUT2D eigenvalue weighted by Crippen LogP contribution is 2.24. The molecule has 0 unspecified atom stereocenters. The average Bonchev–Trinajstić information content (AvgIpc) is 2.71. The molecule has 8 heteroatoms. The topological polar surface area (TPSA) is 100 Å². The summed E-state index contributed by atoms with van der Waals surface area (Å²) in [6, 6.07) is 16.2. The molecular weight excluding hydrogens is 380 g/mol. The van der Waals surface area contributed by atoms with Crippen LogP contribution in [0.1, 0.15) is 19.7 Å². The molecule has 0 spiro atoms. The number of para-hydroxylation sites is 2. The number of ether oxygens (including phenoxy) is 1. The summed E-state index contributed by atoms with van der Waals surface area (Å²) >= 11 is 0. The van der Waals surface area contributed by atoms with E-state index in [0.717, 1.165) is 18.1 Å². The fourth-order valence-corrected chi connectivity index (χ4v) is 2.82. The molecule has 4 N–H and O–H groups in total. The number of hydrogen-bond acceptors (Lipinski definition) is 6. The monoisotopic (exact) mass is 406 g/mol. The van der Waals surface area contributed by atoms with Crippen LogP contribution in [-0.2, 0) is 0 Å². The Morgan fingerprint density at radius 1 is 0.933 bits per heavy atom. The number of carbonyl (C=O) groups excluding carboxylic acids is 1. The molecule has 2 amide bonds. The number of carbonyl (C=O) groups is 1. The van der Waals surface area contributed by atoms with Crippen LogP contribution >= 0.6 is 0 Å². The highest BCUT2D eigenvalue weighted by Gasteiger charge is 2.08.